The van der Waals surface area contributed by atoms with Crippen molar-refractivity contribution in [1.29, 1.82) is 0 Å². The van der Waals surface area contributed by atoms with Crippen LogP contribution in [-0.2, 0) is 6.42 Å². The smallest absolute Gasteiger partial charge is 0.248 e. The van der Waals surface area contributed by atoms with E-state index in [4.69, 9.17) is 19.9 Å². The van der Waals surface area contributed by atoms with Gasteiger partial charge in [0.05, 0.1) is 7.11 Å². The first-order valence-electron chi connectivity index (χ1n) is 7.52. The zero-order chi connectivity index (χ0) is 16.2. The van der Waals surface area contributed by atoms with Crippen molar-refractivity contribution in [3.8, 4) is 17.2 Å². The van der Waals surface area contributed by atoms with Gasteiger partial charge in [0.25, 0.3) is 0 Å². The quantitative estimate of drug-likeness (QED) is 0.921. The van der Waals surface area contributed by atoms with Gasteiger partial charge in [-0.25, -0.2) is 0 Å². The topological polar surface area (TPSA) is 70.8 Å². The number of primary amides is 1. The first-order valence-corrected chi connectivity index (χ1v) is 7.52. The average molecular weight is 313 g/mol. The molecule has 0 aromatic heterocycles. The number of ether oxygens (including phenoxy) is 3. The molecule has 2 aromatic rings. The van der Waals surface area contributed by atoms with Crippen LogP contribution in [0.5, 0.6) is 17.2 Å². The second kappa shape index (κ2) is 6.60. The molecule has 1 atom stereocenters. The third-order valence-corrected chi connectivity index (χ3v) is 3.87. The molecule has 0 saturated heterocycles. The normalized spacial score (nSPS) is 16.0. The molecule has 1 unspecified atom stereocenters. The number of para-hydroxylation sites is 2. The Kier molecular flexibility index (Phi) is 4.37. The number of carbonyl (C=O) groups is 1. The number of hydrogen-bond acceptors (Lipinski definition) is 4. The Morgan fingerprint density at radius 1 is 1.26 bits per heavy atom. The fourth-order valence-corrected chi connectivity index (χ4v) is 2.65. The summed E-state index contributed by atoms with van der Waals surface area (Å²) in [4.78, 5) is 11.3. The molecule has 0 radical (unpaired) electrons. The summed E-state index contributed by atoms with van der Waals surface area (Å²) in [5, 5.41) is 0. The predicted octanol–water partition coefficient (Wildman–Crippen LogP) is 2.57. The summed E-state index contributed by atoms with van der Waals surface area (Å²) in [6.07, 6.45) is 1.43. The van der Waals surface area contributed by atoms with Gasteiger partial charge in [0, 0.05) is 5.56 Å². The predicted molar refractivity (Wildman–Crippen MR) is 86.2 cm³/mol. The van der Waals surface area contributed by atoms with Crippen LogP contribution in [0.2, 0.25) is 0 Å². The first kappa shape index (κ1) is 15.2. The Morgan fingerprint density at radius 3 is 2.78 bits per heavy atom. The van der Waals surface area contributed by atoms with Gasteiger partial charge >= 0.3 is 0 Å². The van der Waals surface area contributed by atoms with E-state index in [2.05, 4.69) is 0 Å². The summed E-state index contributed by atoms with van der Waals surface area (Å²) in [6, 6.07) is 12.8. The number of nitrogens with two attached hydrogens (primary N) is 1. The van der Waals surface area contributed by atoms with Gasteiger partial charge in [0.2, 0.25) is 5.91 Å². The van der Waals surface area contributed by atoms with Gasteiger partial charge in [-0.1, -0.05) is 12.1 Å². The third kappa shape index (κ3) is 3.39. The lowest BCUT2D eigenvalue weighted by molar-refractivity contribution is 0.0850. The molecule has 0 saturated carbocycles. The molecule has 2 aromatic carbocycles. The Bertz CT molecular complexity index is 714. The Balaban J connectivity index is 1.69. The highest BCUT2D eigenvalue weighted by Crippen LogP contribution is 2.32. The minimum atomic E-state index is -0.444. The second-order valence-electron chi connectivity index (χ2n) is 5.43. The van der Waals surface area contributed by atoms with E-state index < -0.39 is 5.91 Å². The van der Waals surface area contributed by atoms with Crippen molar-refractivity contribution < 1.29 is 19.0 Å². The van der Waals surface area contributed by atoms with Gasteiger partial charge in [-0.2, -0.15) is 0 Å². The summed E-state index contributed by atoms with van der Waals surface area (Å²) >= 11 is 0. The van der Waals surface area contributed by atoms with E-state index in [-0.39, 0.29) is 6.10 Å². The number of benzene rings is 2. The van der Waals surface area contributed by atoms with Crippen molar-refractivity contribution in [2.24, 2.45) is 5.73 Å². The van der Waals surface area contributed by atoms with Gasteiger partial charge < -0.3 is 19.9 Å². The molecule has 0 fully saturated rings. The lowest BCUT2D eigenvalue weighted by Crippen LogP contribution is -2.29. The molecule has 2 N–H and O–H groups in total. The van der Waals surface area contributed by atoms with Crippen molar-refractivity contribution in [2.75, 3.05) is 13.7 Å². The number of rotatable bonds is 5. The minimum absolute atomic E-state index is 0.0353. The summed E-state index contributed by atoms with van der Waals surface area (Å²) < 4.78 is 17.0. The molecule has 0 aliphatic carbocycles. The molecule has 0 spiro atoms. The molecule has 1 heterocycles. The molecule has 3 rings (SSSR count). The van der Waals surface area contributed by atoms with Crippen molar-refractivity contribution in [3.63, 3.8) is 0 Å². The lowest BCUT2D eigenvalue weighted by atomic mass is 10.0. The van der Waals surface area contributed by atoms with Crippen LogP contribution in [0.1, 0.15) is 22.3 Å². The van der Waals surface area contributed by atoms with E-state index in [0.717, 1.165) is 29.2 Å². The SMILES string of the molecule is COc1ccc(C(N)=O)cc1CCC1COc2ccccc2O1. The molecule has 120 valence electrons. The lowest BCUT2D eigenvalue weighted by Gasteiger charge is -2.26. The van der Waals surface area contributed by atoms with Gasteiger partial charge in [-0.15, -0.1) is 0 Å². The standard InChI is InChI=1S/C18H19NO4/c1-21-15-9-7-13(18(19)20)10-12(15)6-8-14-11-22-16-4-2-3-5-17(16)23-14/h2-5,7,9-10,14H,6,8,11H2,1H3,(H2,19,20). The fraction of sp³-hybridized carbons (Fsp3) is 0.278. The molecule has 5 heteroatoms. The number of aryl methyl sites for hydroxylation is 1. The maximum Gasteiger partial charge on any atom is 0.248 e. The number of hydrogen-bond donors (Lipinski definition) is 1. The summed E-state index contributed by atoms with van der Waals surface area (Å²) in [6.45, 7) is 0.509. The van der Waals surface area contributed by atoms with Crippen LogP contribution in [-0.4, -0.2) is 25.7 Å². The Hall–Kier alpha value is -2.69. The van der Waals surface area contributed by atoms with Gasteiger partial charge in [0.15, 0.2) is 11.5 Å². The largest absolute Gasteiger partial charge is 0.496 e. The molecule has 1 aliphatic heterocycles. The van der Waals surface area contributed by atoms with Crippen molar-refractivity contribution in [3.05, 3.63) is 53.6 Å². The van der Waals surface area contributed by atoms with Gasteiger partial charge in [0.1, 0.15) is 18.5 Å². The van der Waals surface area contributed by atoms with E-state index in [1.807, 2.05) is 24.3 Å². The van der Waals surface area contributed by atoms with Crippen molar-refractivity contribution in [1.82, 2.24) is 0 Å². The van der Waals surface area contributed by atoms with Crippen LogP contribution in [0.15, 0.2) is 42.5 Å². The Labute approximate surface area is 135 Å². The zero-order valence-corrected chi connectivity index (χ0v) is 13.0. The highest BCUT2D eigenvalue weighted by atomic mass is 16.6. The minimum Gasteiger partial charge on any atom is -0.496 e. The van der Waals surface area contributed by atoms with Crippen LogP contribution in [0, 0.1) is 0 Å². The van der Waals surface area contributed by atoms with E-state index in [0.29, 0.717) is 18.6 Å². The summed E-state index contributed by atoms with van der Waals surface area (Å²) in [7, 11) is 1.61. The average Bonchev–Trinajstić information content (AvgIpc) is 2.59. The highest BCUT2D eigenvalue weighted by Gasteiger charge is 2.21. The molecular weight excluding hydrogens is 294 g/mol. The fourth-order valence-electron chi connectivity index (χ4n) is 2.65. The van der Waals surface area contributed by atoms with Crippen LogP contribution >= 0.6 is 0 Å². The maximum absolute atomic E-state index is 11.3. The van der Waals surface area contributed by atoms with E-state index in [1.165, 1.54) is 0 Å². The maximum atomic E-state index is 11.3. The summed E-state index contributed by atoms with van der Waals surface area (Å²) in [5.41, 5.74) is 6.76. The number of amides is 1. The molecular formula is C18H19NO4. The zero-order valence-electron chi connectivity index (χ0n) is 13.0. The Morgan fingerprint density at radius 2 is 2.04 bits per heavy atom. The number of methoxy groups -OCH3 is 1. The van der Waals surface area contributed by atoms with Gasteiger partial charge in [-0.05, 0) is 48.7 Å². The molecule has 5 nitrogen and oxygen atoms in total. The van der Waals surface area contributed by atoms with E-state index >= 15 is 0 Å². The first-order chi connectivity index (χ1) is 11.2. The monoisotopic (exact) mass is 313 g/mol. The molecule has 1 aliphatic rings. The number of fused-ring (bicyclic) bond motifs is 1. The van der Waals surface area contributed by atoms with Crippen LogP contribution in [0.25, 0.3) is 0 Å². The van der Waals surface area contributed by atoms with Crippen LogP contribution < -0.4 is 19.9 Å². The molecule has 0 bridgehead atoms. The highest BCUT2D eigenvalue weighted by molar-refractivity contribution is 5.93. The van der Waals surface area contributed by atoms with Gasteiger partial charge in [-0.3, -0.25) is 4.79 Å². The third-order valence-electron chi connectivity index (χ3n) is 3.87. The van der Waals surface area contributed by atoms with Crippen molar-refractivity contribution in [2.45, 2.75) is 18.9 Å². The van der Waals surface area contributed by atoms with E-state index in [9.17, 15) is 4.79 Å². The second-order valence-corrected chi connectivity index (χ2v) is 5.43. The molecule has 23 heavy (non-hydrogen) atoms. The van der Waals surface area contributed by atoms with Crippen LogP contribution in [0.4, 0.5) is 0 Å². The van der Waals surface area contributed by atoms with Crippen LogP contribution in [0.3, 0.4) is 0 Å². The number of carbonyl (C=O) groups excluding carboxylic acids is 1. The van der Waals surface area contributed by atoms with E-state index in [1.54, 1.807) is 25.3 Å². The summed E-state index contributed by atoms with van der Waals surface area (Å²) in [5.74, 6) is 1.84. The van der Waals surface area contributed by atoms with Crippen molar-refractivity contribution >= 4 is 5.91 Å². The molecule has 1 amide bonds.